The van der Waals surface area contributed by atoms with E-state index in [0.29, 0.717) is 10.7 Å². The van der Waals surface area contributed by atoms with E-state index in [1.807, 2.05) is 0 Å². The Balaban J connectivity index is 1.99. The number of hydrazine groups is 1. The van der Waals surface area contributed by atoms with Crippen molar-refractivity contribution in [1.82, 2.24) is 5.43 Å². The lowest BCUT2D eigenvalue weighted by Crippen LogP contribution is -2.35. The van der Waals surface area contributed by atoms with Gasteiger partial charge >= 0.3 is 0 Å². The number of carbonyl (C=O) groups excluding carboxylic acids is 2. The SMILES string of the molecule is O=C1NN(c2cccc(Cl)c2)C(=O)/C1=C/c1cc([N+](=O)[O-])ccc1[O-]. The van der Waals surface area contributed by atoms with Crippen LogP contribution in [-0.2, 0) is 9.59 Å². The number of carbonyl (C=O) groups is 2. The van der Waals surface area contributed by atoms with Gasteiger partial charge in [-0.1, -0.05) is 23.7 Å². The Hall–Kier alpha value is -3.39. The first kappa shape index (κ1) is 16.5. The fraction of sp³-hybridized carbons (Fsp3) is 0. The zero-order valence-corrected chi connectivity index (χ0v) is 13.2. The first-order chi connectivity index (χ1) is 11.9. The molecule has 3 rings (SSSR count). The third-order valence-corrected chi connectivity index (χ3v) is 3.70. The predicted molar refractivity (Wildman–Crippen MR) is 87.6 cm³/mol. The van der Waals surface area contributed by atoms with Crippen molar-refractivity contribution in [2.75, 3.05) is 5.01 Å². The van der Waals surface area contributed by atoms with Gasteiger partial charge in [-0.2, -0.15) is 0 Å². The molecule has 0 aliphatic carbocycles. The van der Waals surface area contributed by atoms with E-state index in [1.165, 1.54) is 6.07 Å². The Morgan fingerprint density at radius 2 is 1.92 bits per heavy atom. The molecule has 0 bridgehead atoms. The third kappa shape index (κ3) is 3.15. The summed E-state index contributed by atoms with van der Waals surface area (Å²) in [6.07, 6.45) is 1.04. The van der Waals surface area contributed by atoms with Gasteiger partial charge in [0, 0.05) is 17.2 Å². The second kappa shape index (κ2) is 6.25. The number of nitro benzene ring substituents is 1. The van der Waals surface area contributed by atoms with Crippen LogP contribution in [0.3, 0.4) is 0 Å². The number of rotatable bonds is 3. The summed E-state index contributed by atoms with van der Waals surface area (Å²) in [6.45, 7) is 0. The number of nitrogens with one attached hydrogen (secondary N) is 1. The molecule has 0 radical (unpaired) electrons. The molecule has 2 amide bonds. The molecule has 126 valence electrons. The molecule has 25 heavy (non-hydrogen) atoms. The number of non-ortho nitro benzene ring substituents is 1. The number of hydrogen-bond donors (Lipinski definition) is 1. The van der Waals surface area contributed by atoms with Crippen molar-refractivity contribution >= 4 is 40.9 Å². The summed E-state index contributed by atoms with van der Waals surface area (Å²) in [4.78, 5) is 34.7. The highest BCUT2D eigenvalue weighted by molar-refractivity contribution is 6.33. The average molecular weight is 359 g/mol. The van der Waals surface area contributed by atoms with E-state index in [4.69, 9.17) is 11.6 Å². The van der Waals surface area contributed by atoms with Gasteiger partial charge in [0.25, 0.3) is 17.5 Å². The van der Waals surface area contributed by atoms with Crippen molar-refractivity contribution in [3.63, 3.8) is 0 Å². The highest BCUT2D eigenvalue weighted by Crippen LogP contribution is 2.27. The van der Waals surface area contributed by atoms with Crippen molar-refractivity contribution in [3.05, 3.63) is 68.7 Å². The molecule has 1 saturated heterocycles. The molecule has 0 aromatic heterocycles. The van der Waals surface area contributed by atoms with E-state index < -0.39 is 22.5 Å². The number of nitro groups is 1. The molecule has 1 N–H and O–H groups in total. The van der Waals surface area contributed by atoms with Crippen LogP contribution in [0.4, 0.5) is 11.4 Å². The van der Waals surface area contributed by atoms with Crippen molar-refractivity contribution in [1.29, 1.82) is 0 Å². The van der Waals surface area contributed by atoms with Crippen molar-refractivity contribution in [2.45, 2.75) is 0 Å². The minimum Gasteiger partial charge on any atom is -0.872 e. The summed E-state index contributed by atoms with van der Waals surface area (Å²) in [7, 11) is 0. The van der Waals surface area contributed by atoms with Crippen LogP contribution in [0.25, 0.3) is 6.08 Å². The van der Waals surface area contributed by atoms with E-state index in [0.717, 1.165) is 29.3 Å². The molecular weight excluding hydrogens is 350 g/mol. The van der Waals surface area contributed by atoms with E-state index in [1.54, 1.807) is 18.2 Å². The van der Waals surface area contributed by atoms with Gasteiger partial charge in [0.05, 0.1) is 10.6 Å². The Kier molecular flexibility index (Phi) is 4.12. The second-order valence-corrected chi connectivity index (χ2v) is 5.54. The predicted octanol–water partition coefficient (Wildman–Crippen LogP) is 1.78. The van der Waals surface area contributed by atoms with Crippen LogP contribution in [0.2, 0.25) is 5.02 Å². The van der Waals surface area contributed by atoms with Crippen LogP contribution < -0.4 is 15.5 Å². The highest BCUT2D eigenvalue weighted by Gasteiger charge is 2.34. The molecule has 0 unspecified atom stereocenters. The largest absolute Gasteiger partial charge is 0.872 e. The van der Waals surface area contributed by atoms with E-state index in [2.05, 4.69) is 5.43 Å². The molecule has 0 atom stereocenters. The van der Waals surface area contributed by atoms with Gasteiger partial charge in [0.1, 0.15) is 5.57 Å². The summed E-state index contributed by atoms with van der Waals surface area (Å²) >= 11 is 5.87. The average Bonchev–Trinajstić information content (AvgIpc) is 2.84. The van der Waals surface area contributed by atoms with E-state index >= 15 is 0 Å². The normalized spacial score (nSPS) is 15.6. The molecule has 1 heterocycles. The Morgan fingerprint density at radius 1 is 1.16 bits per heavy atom. The van der Waals surface area contributed by atoms with Crippen LogP contribution in [-0.4, -0.2) is 16.7 Å². The fourth-order valence-electron chi connectivity index (χ4n) is 2.27. The number of amides is 2. The lowest BCUT2D eigenvalue weighted by molar-refractivity contribution is -0.385. The minimum absolute atomic E-state index is 0.124. The van der Waals surface area contributed by atoms with Crippen LogP contribution >= 0.6 is 11.6 Å². The molecule has 0 saturated carbocycles. The number of anilines is 1. The number of benzene rings is 2. The summed E-state index contributed by atoms with van der Waals surface area (Å²) in [5, 5.41) is 24.0. The molecule has 1 aliphatic rings. The maximum absolute atomic E-state index is 12.5. The van der Waals surface area contributed by atoms with E-state index in [9.17, 15) is 24.8 Å². The Morgan fingerprint density at radius 3 is 2.60 bits per heavy atom. The van der Waals surface area contributed by atoms with Crippen LogP contribution in [0.1, 0.15) is 5.56 Å². The topological polar surface area (TPSA) is 116 Å². The molecule has 2 aromatic carbocycles. The first-order valence-electron chi connectivity index (χ1n) is 6.95. The summed E-state index contributed by atoms with van der Waals surface area (Å²) < 4.78 is 0. The van der Waals surface area contributed by atoms with Gasteiger partial charge in [-0.05, 0) is 29.8 Å². The lowest BCUT2D eigenvalue weighted by atomic mass is 10.1. The van der Waals surface area contributed by atoms with Gasteiger partial charge in [0.2, 0.25) is 0 Å². The minimum atomic E-state index is -0.726. The van der Waals surface area contributed by atoms with Crippen LogP contribution in [0.15, 0.2) is 48.0 Å². The molecule has 8 nitrogen and oxygen atoms in total. The van der Waals surface area contributed by atoms with Crippen molar-refractivity contribution < 1.29 is 19.6 Å². The summed E-state index contributed by atoms with van der Waals surface area (Å²) in [5.41, 5.74) is 1.95. The molecule has 2 aromatic rings. The number of halogens is 1. The van der Waals surface area contributed by atoms with Gasteiger partial charge in [-0.25, -0.2) is 5.01 Å². The van der Waals surface area contributed by atoms with Gasteiger partial charge < -0.3 is 5.11 Å². The Labute approximate surface area is 146 Å². The highest BCUT2D eigenvalue weighted by atomic mass is 35.5. The smallest absolute Gasteiger partial charge is 0.282 e. The summed E-state index contributed by atoms with van der Waals surface area (Å²) in [5.74, 6) is -1.96. The van der Waals surface area contributed by atoms with Crippen molar-refractivity contribution in [3.8, 4) is 5.75 Å². The standard InChI is InChI=1S/C16H10ClN3O5/c17-10-2-1-3-11(8-10)19-16(23)13(15(22)18-19)7-9-6-12(20(24)25)4-5-14(9)21/h1-8,21H,(H,18,22)/p-1/b13-7+. The molecule has 9 heteroatoms. The monoisotopic (exact) mass is 358 g/mol. The van der Waals surface area contributed by atoms with Gasteiger partial charge in [-0.3, -0.25) is 25.1 Å². The van der Waals surface area contributed by atoms with Crippen molar-refractivity contribution in [2.24, 2.45) is 0 Å². The van der Waals surface area contributed by atoms with Gasteiger partial charge in [-0.15, -0.1) is 5.75 Å². The number of hydrogen-bond acceptors (Lipinski definition) is 5. The maximum atomic E-state index is 12.5. The maximum Gasteiger partial charge on any atom is 0.282 e. The molecule has 1 aliphatic heterocycles. The second-order valence-electron chi connectivity index (χ2n) is 5.10. The molecule has 0 spiro atoms. The Bertz CT molecular complexity index is 941. The van der Waals surface area contributed by atoms with Crippen LogP contribution in [0, 0.1) is 10.1 Å². The zero-order chi connectivity index (χ0) is 18.1. The molecular formula is C16H9ClN3O5-. The van der Waals surface area contributed by atoms with E-state index in [-0.39, 0.29) is 16.8 Å². The first-order valence-corrected chi connectivity index (χ1v) is 7.33. The van der Waals surface area contributed by atoms with Gasteiger partial charge in [0.15, 0.2) is 0 Å². The number of nitrogens with zero attached hydrogens (tertiary/aromatic N) is 2. The molecule has 1 fully saturated rings. The summed E-state index contributed by atoms with van der Waals surface area (Å²) in [6, 6.07) is 9.34. The zero-order valence-electron chi connectivity index (χ0n) is 12.4. The third-order valence-electron chi connectivity index (χ3n) is 3.46. The lowest BCUT2D eigenvalue weighted by Gasteiger charge is -2.14. The fourth-order valence-corrected chi connectivity index (χ4v) is 2.46. The van der Waals surface area contributed by atoms with Crippen LogP contribution in [0.5, 0.6) is 5.75 Å². The quantitative estimate of drug-likeness (QED) is 0.388.